The zero-order chi connectivity index (χ0) is 13.8. The molecule has 3 unspecified atom stereocenters. The van der Waals surface area contributed by atoms with Crippen LogP contribution in [0, 0.1) is 11.8 Å². The molecule has 1 aromatic rings. The highest BCUT2D eigenvalue weighted by atomic mass is 35.5. The Hall–Kier alpha value is -0.530. The van der Waals surface area contributed by atoms with E-state index in [-0.39, 0.29) is 0 Å². The van der Waals surface area contributed by atoms with Crippen molar-refractivity contribution in [1.82, 2.24) is 5.32 Å². The molecule has 0 aliphatic heterocycles. The molecule has 0 bridgehead atoms. The second-order valence-corrected chi connectivity index (χ2v) is 6.74. The van der Waals surface area contributed by atoms with Gasteiger partial charge in [0.15, 0.2) is 0 Å². The van der Waals surface area contributed by atoms with Crippen molar-refractivity contribution >= 4 is 11.6 Å². The van der Waals surface area contributed by atoms with Gasteiger partial charge in [-0.15, -0.1) is 0 Å². The third kappa shape index (κ3) is 3.97. The van der Waals surface area contributed by atoms with E-state index in [9.17, 15) is 0 Å². The molecule has 0 radical (unpaired) electrons. The van der Waals surface area contributed by atoms with Crippen molar-refractivity contribution in [2.75, 3.05) is 0 Å². The molecular formula is C17H26ClN. The Labute approximate surface area is 122 Å². The van der Waals surface area contributed by atoms with Gasteiger partial charge in [-0.3, -0.25) is 0 Å². The molecule has 1 fully saturated rings. The summed E-state index contributed by atoms with van der Waals surface area (Å²) in [7, 11) is 0. The minimum atomic E-state index is 0.433. The Morgan fingerprint density at radius 2 is 1.74 bits per heavy atom. The van der Waals surface area contributed by atoms with Gasteiger partial charge in [-0.2, -0.15) is 0 Å². The lowest BCUT2D eigenvalue weighted by Crippen LogP contribution is -2.41. The molecule has 106 valence electrons. The van der Waals surface area contributed by atoms with Gasteiger partial charge in [0, 0.05) is 17.1 Å². The van der Waals surface area contributed by atoms with Crippen LogP contribution in [0.1, 0.15) is 58.1 Å². The van der Waals surface area contributed by atoms with Crippen LogP contribution in [0.4, 0.5) is 0 Å². The van der Waals surface area contributed by atoms with E-state index in [0.29, 0.717) is 18.0 Å². The maximum atomic E-state index is 5.99. The molecule has 3 atom stereocenters. The van der Waals surface area contributed by atoms with Crippen molar-refractivity contribution in [3.63, 3.8) is 0 Å². The molecule has 0 saturated heterocycles. The van der Waals surface area contributed by atoms with E-state index in [1.54, 1.807) is 0 Å². The number of rotatable bonds is 4. The molecule has 1 aliphatic carbocycles. The average molecular weight is 280 g/mol. The van der Waals surface area contributed by atoms with Crippen molar-refractivity contribution < 1.29 is 0 Å². The Bertz CT molecular complexity index is 385. The monoisotopic (exact) mass is 279 g/mol. The van der Waals surface area contributed by atoms with Gasteiger partial charge in [-0.1, -0.05) is 57.3 Å². The minimum absolute atomic E-state index is 0.433. The Balaban J connectivity index is 2.09. The smallest absolute Gasteiger partial charge is 0.0406 e. The maximum Gasteiger partial charge on any atom is 0.0406 e. The van der Waals surface area contributed by atoms with E-state index in [4.69, 9.17) is 11.6 Å². The topological polar surface area (TPSA) is 12.0 Å². The summed E-state index contributed by atoms with van der Waals surface area (Å²) in [6.07, 6.45) is 5.45. The van der Waals surface area contributed by atoms with Crippen LogP contribution in [0.5, 0.6) is 0 Å². The zero-order valence-corrected chi connectivity index (χ0v) is 13.1. The molecule has 0 heterocycles. The van der Waals surface area contributed by atoms with Crippen LogP contribution >= 0.6 is 11.6 Å². The second-order valence-electron chi connectivity index (χ2n) is 6.31. The van der Waals surface area contributed by atoms with Crippen LogP contribution < -0.4 is 5.32 Å². The van der Waals surface area contributed by atoms with Gasteiger partial charge in [0.2, 0.25) is 0 Å². The van der Waals surface area contributed by atoms with Crippen LogP contribution in [0.15, 0.2) is 24.3 Å². The Morgan fingerprint density at radius 1 is 1.11 bits per heavy atom. The lowest BCUT2D eigenvalue weighted by molar-refractivity contribution is 0.238. The van der Waals surface area contributed by atoms with Gasteiger partial charge in [0.05, 0.1) is 0 Å². The first-order chi connectivity index (χ1) is 9.08. The van der Waals surface area contributed by atoms with Gasteiger partial charge < -0.3 is 5.32 Å². The van der Waals surface area contributed by atoms with Crippen LogP contribution in [0.2, 0.25) is 5.02 Å². The molecule has 2 heteroatoms. The lowest BCUT2D eigenvalue weighted by Gasteiger charge is -2.35. The third-order valence-electron chi connectivity index (χ3n) is 4.40. The van der Waals surface area contributed by atoms with Crippen LogP contribution in [-0.4, -0.2) is 6.04 Å². The average Bonchev–Trinajstić information content (AvgIpc) is 2.39. The van der Waals surface area contributed by atoms with Crippen LogP contribution in [0.25, 0.3) is 0 Å². The minimum Gasteiger partial charge on any atom is -0.307 e. The number of halogens is 1. The summed E-state index contributed by atoms with van der Waals surface area (Å²) in [5.41, 5.74) is 1.36. The van der Waals surface area contributed by atoms with Crippen LogP contribution in [-0.2, 0) is 0 Å². The number of nitrogens with one attached hydrogen (secondary N) is 1. The summed E-state index contributed by atoms with van der Waals surface area (Å²) in [6, 6.07) is 9.41. The van der Waals surface area contributed by atoms with Gasteiger partial charge in [0.25, 0.3) is 0 Å². The highest BCUT2D eigenvalue weighted by Crippen LogP contribution is 2.29. The molecule has 1 nitrogen and oxygen atoms in total. The first-order valence-electron chi connectivity index (χ1n) is 7.59. The molecule has 0 amide bonds. The molecule has 19 heavy (non-hydrogen) atoms. The zero-order valence-electron chi connectivity index (χ0n) is 12.3. The molecule has 0 aromatic heterocycles. The molecular weight excluding hydrogens is 254 g/mol. The van der Waals surface area contributed by atoms with Gasteiger partial charge >= 0.3 is 0 Å². The normalized spacial score (nSPS) is 25.5. The molecule has 1 aliphatic rings. The van der Waals surface area contributed by atoms with Gasteiger partial charge in [-0.25, -0.2) is 0 Å². The van der Waals surface area contributed by atoms with Gasteiger partial charge in [-0.05, 0) is 42.4 Å². The lowest BCUT2D eigenvalue weighted by atomic mass is 9.84. The Morgan fingerprint density at radius 3 is 2.32 bits per heavy atom. The van der Waals surface area contributed by atoms with E-state index in [0.717, 1.165) is 10.9 Å². The van der Waals surface area contributed by atoms with E-state index in [1.165, 1.54) is 31.2 Å². The highest BCUT2D eigenvalue weighted by Gasteiger charge is 2.25. The van der Waals surface area contributed by atoms with E-state index >= 15 is 0 Å². The fourth-order valence-electron chi connectivity index (χ4n) is 3.14. The molecule has 2 rings (SSSR count). The largest absolute Gasteiger partial charge is 0.307 e. The maximum absolute atomic E-state index is 5.99. The number of hydrogen-bond donors (Lipinski definition) is 1. The standard InChI is InChI=1S/C17H26ClN/c1-12(2)17(14-8-10-15(18)11-9-14)19-16-7-5-4-6-13(16)3/h8-13,16-17,19H,4-7H2,1-3H3. The predicted molar refractivity (Wildman–Crippen MR) is 83.6 cm³/mol. The van der Waals surface area contributed by atoms with Crippen molar-refractivity contribution in [3.8, 4) is 0 Å². The molecule has 1 aromatic carbocycles. The summed E-state index contributed by atoms with van der Waals surface area (Å²) in [5.74, 6) is 1.39. The molecule has 1 N–H and O–H groups in total. The second kappa shape index (κ2) is 6.76. The quantitative estimate of drug-likeness (QED) is 0.798. The summed E-state index contributed by atoms with van der Waals surface area (Å²) in [4.78, 5) is 0. The summed E-state index contributed by atoms with van der Waals surface area (Å²) >= 11 is 5.99. The van der Waals surface area contributed by atoms with Crippen molar-refractivity contribution in [1.29, 1.82) is 0 Å². The van der Waals surface area contributed by atoms with Crippen molar-refractivity contribution in [2.24, 2.45) is 11.8 Å². The van der Waals surface area contributed by atoms with E-state index in [1.807, 2.05) is 12.1 Å². The summed E-state index contributed by atoms with van der Waals surface area (Å²) in [6.45, 7) is 6.97. The fourth-order valence-corrected chi connectivity index (χ4v) is 3.26. The van der Waals surface area contributed by atoms with E-state index < -0.39 is 0 Å². The predicted octanol–water partition coefficient (Wildman–Crippen LogP) is 5.21. The van der Waals surface area contributed by atoms with Crippen LogP contribution in [0.3, 0.4) is 0 Å². The van der Waals surface area contributed by atoms with Gasteiger partial charge in [0.1, 0.15) is 0 Å². The highest BCUT2D eigenvalue weighted by molar-refractivity contribution is 6.30. The molecule has 1 saturated carbocycles. The van der Waals surface area contributed by atoms with E-state index in [2.05, 4.69) is 38.2 Å². The van der Waals surface area contributed by atoms with Crippen molar-refractivity contribution in [2.45, 2.75) is 58.5 Å². The first-order valence-corrected chi connectivity index (χ1v) is 7.97. The molecule has 0 spiro atoms. The van der Waals surface area contributed by atoms with Crippen molar-refractivity contribution in [3.05, 3.63) is 34.9 Å². The number of benzene rings is 1. The first kappa shape index (κ1) is 14.9. The summed E-state index contributed by atoms with van der Waals surface area (Å²) < 4.78 is 0. The SMILES string of the molecule is CC(C)C(NC1CCCCC1C)c1ccc(Cl)cc1. The third-order valence-corrected chi connectivity index (χ3v) is 4.65. The number of hydrogen-bond acceptors (Lipinski definition) is 1. The fraction of sp³-hybridized carbons (Fsp3) is 0.647. The summed E-state index contributed by atoms with van der Waals surface area (Å²) in [5, 5.41) is 4.71. The Kier molecular flexibility index (Phi) is 5.29.